The van der Waals surface area contributed by atoms with E-state index in [2.05, 4.69) is 51.7 Å². The molecule has 6 rings (SSSR count). The average Bonchev–Trinajstić information content (AvgIpc) is 3.41. The zero-order valence-corrected chi connectivity index (χ0v) is 19.1. The number of piperazine rings is 1. The number of hydrogen-bond acceptors (Lipinski definition) is 6. The van der Waals surface area contributed by atoms with Gasteiger partial charge in [0.05, 0.1) is 22.8 Å². The van der Waals surface area contributed by atoms with Crippen molar-refractivity contribution in [2.24, 2.45) is 5.92 Å². The minimum absolute atomic E-state index is 0.187. The number of rotatable bonds is 2. The molecule has 7 heteroatoms. The lowest BCUT2D eigenvalue weighted by Crippen LogP contribution is -2.51. The van der Waals surface area contributed by atoms with E-state index in [4.69, 9.17) is 4.98 Å². The van der Waals surface area contributed by atoms with Crippen LogP contribution in [0, 0.1) is 17.2 Å². The molecule has 0 amide bonds. The van der Waals surface area contributed by atoms with Crippen molar-refractivity contribution >= 4 is 22.4 Å². The molecule has 1 aromatic carbocycles. The molecule has 3 unspecified atom stereocenters. The third-order valence-corrected chi connectivity index (χ3v) is 7.61. The number of hydrogen-bond donors (Lipinski definition) is 1. The number of nitrogens with one attached hydrogen (secondary N) is 1. The normalized spacial score (nSPS) is 24.7. The van der Waals surface area contributed by atoms with Gasteiger partial charge in [-0.3, -0.25) is 9.69 Å². The number of pyridine rings is 2. The summed E-state index contributed by atoms with van der Waals surface area (Å²) in [4.78, 5) is 27.3. The summed E-state index contributed by atoms with van der Waals surface area (Å²) >= 11 is 0. The van der Waals surface area contributed by atoms with Crippen LogP contribution < -0.4 is 15.4 Å². The molecular weight excluding hydrogens is 412 g/mol. The summed E-state index contributed by atoms with van der Waals surface area (Å²) in [6.45, 7) is 9.43. The number of anilines is 2. The molecule has 2 fully saturated rings. The van der Waals surface area contributed by atoms with Gasteiger partial charge in [-0.2, -0.15) is 5.26 Å². The fraction of sp³-hybridized carbons (Fsp3) is 0.423. The highest BCUT2D eigenvalue weighted by molar-refractivity contribution is 5.95. The van der Waals surface area contributed by atoms with E-state index in [-0.39, 0.29) is 11.6 Å². The van der Waals surface area contributed by atoms with Crippen molar-refractivity contribution in [2.75, 3.05) is 36.0 Å². The summed E-state index contributed by atoms with van der Waals surface area (Å²) < 4.78 is 0. The fourth-order valence-electron chi connectivity index (χ4n) is 5.89. The molecule has 3 atom stereocenters. The predicted octanol–water partition coefficient (Wildman–Crippen LogP) is 3.41. The highest BCUT2D eigenvalue weighted by Crippen LogP contribution is 2.41. The molecule has 0 radical (unpaired) electrons. The number of nitriles is 1. The standard InChI is InChI=1S/C26H28N6O/c1-16-9-10-30(12-16)24-7-4-19-21(28-24)14-32-17(2)13-31(15-23(19)32)22-6-3-18(11-27)26-20(22)5-8-25(33)29-26/h3-8,16-17,23H,9-10,12-15H2,1-2H3,(H,29,33). The summed E-state index contributed by atoms with van der Waals surface area (Å²) in [7, 11) is 0. The average molecular weight is 441 g/mol. The van der Waals surface area contributed by atoms with Crippen molar-refractivity contribution in [3.05, 3.63) is 63.6 Å². The van der Waals surface area contributed by atoms with E-state index in [0.29, 0.717) is 17.1 Å². The van der Waals surface area contributed by atoms with Gasteiger partial charge in [-0.05, 0) is 49.1 Å². The van der Waals surface area contributed by atoms with Crippen LogP contribution in [0.4, 0.5) is 11.5 Å². The zero-order chi connectivity index (χ0) is 22.7. The van der Waals surface area contributed by atoms with E-state index in [9.17, 15) is 10.1 Å². The Morgan fingerprint density at radius 1 is 1.06 bits per heavy atom. The first kappa shape index (κ1) is 20.3. The second kappa shape index (κ2) is 7.60. The van der Waals surface area contributed by atoms with E-state index < -0.39 is 0 Å². The molecule has 0 saturated carbocycles. The van der Waals surface area contributed by atoms with Crippen LogP contribution in [-0.2, 0) is 6.54 Å². The first-order chi connectivity index (χ1) is 16.0. The van der Waals surface area contributed by atoms with Crippen molar-refractivity contribution in [2.45, 2.75) is 38.9 Å². The van der Waals surface area contributed by atoms with Gasteiger partial charge < -0.3 is 14.8 Å². The number of benzene rings is 1. The van der Waals surface area contributed by atoms with Gasteiger partial charge in [-0.1, -0.05) is 13.0 Å². The predicted molar refractivity (Wildman–Crippen MR) is 129 cm³/mol. The molecule has 33 heavy (non-hydrogen) atoms. The maximum Gasteiger partial charge on any atom is 0.248 e. The fourth-order valence-corrected chi connectivity index (χ4v) is 5.89. The first-order valence-electron chi connectivity index (χ1n) is 11.8. The molecular formula is C26H28N6O. The van der Waals surface area contributed by atoms with Crippen LogP contribution in [-0.4, -0.2) is 47.1 Å². The Hall–Kier alpha value is -3.37. The van der Waals surface area contributed by atoms with E-state index in [1.165, 1.54) is 17.7 Å². The van der Waals surface area contributed by atoms with Crippen LogP contribution in [0.2, 0.25) is 0 Å². The maximum absolute atomic E-state index is 11.9. The Morgan fingerprint density at radius 2 is 1.94 bits per heavy atom. The molecule has 0 bridgehead atoms. The smallest absolute Gasteiger partial charge is 0.248 e. The maximum atomic E-state index is 11.9. The second-order valence-corrected chi connectivity index (χ2v) is 9.84. The van der Waals surface area contributed by atoms with Crippen LogP contribution in [0.1, 0.15) is 43.1 Å². The Labute approximate surface area is 193 Å². The van der Waals surface area contributed by atoms with Gasteiger partial charge in [-0.15, -0.1) is 0 Å². The van der Waals surface area contributed by atoms with Crippen molar-refractivity contribution < 1.29 is 0 Å². The minimum Gasteiger partial charge on any atom is -0.368 e. The van der Waals surface area contributed by atoms with Gasteiger partial charge in [0.1, 0.15) is 11.9 Å². The van der Waals surface area contributed by atoms with E-state index in [1.54, 1.807) is 6.07 Å². The van der Waals surface area contributed by atoms with Crippen LogP contribution >= 0.6 is 0 Å². The molecule has 3 aliphatic heterocycles. The van der Waals surface area contributed by atoms with E-state index in [0.717, 1.165) is 55.5 Å². The minimum atomic E-state index is -0.187. The van der Waals surface area contributed by atoms with Gasteiger partial charge in [0.25, 0.3) is 0 Å². The monoisotopic (exact) mass is 440 g/mol. The molecule has 0 spiro atoms. The lowest BCUT2D eigenvalue weighted by Gasteiger charge is -2.43. The Kier molecular flexibility index (Phi) is 4.66. The summed E-state index contributed by atoms with van der Waals surface area (Å²) in [5.41, 5.74) is 4.53. The molecule has 1 N–H and O–H groups in total. The van der Waals surface area contributed by atoms with E-state index in [1.807, 2.05) is 18.2 Å². The van der Waals surface area contributed by atoms with Crippen molar-refractivity contribution in [1.82, 2.24) is 14.9 Å². The molecule has 2 saturated heterocycles. The van der Waals surface area contributed by atoms with Gasteiger partial charge in [0.2, 0.25) is 5.56 Å². The Bertz CT molecular complexity index is 1340. The molecule has 3 aliphatic rings. The molecule has 7 nitrogen and oxygen atoms in total. The van der Waals surface area contributed by atoms with Gasteiger partial charge in [-0.25, -0.2) is 4.98 Å². The lowest BCUT2D eigenvalue weighted by molar-refractivity contribution is 0.133. The third kappa shape index (κ3) is 3.28. The highest BCUT2D eigenvalue weighted by atomic mass is 16.1. The van der Waals surface area contributed by atoms with Crippen molar-refractivity contribution in [3.63, 3.8) is 0 Å². The van der Waals surface area contributed by atoms with Gasteiger partial charge in [0, 0.05) is 55.9 Å². The Balaban J connectivity index is 1.35. The summed E-state index contributed by atoms with van der Waals surface area (Å²) in [5.74, 6) is 1.85. The lowest BCUT2D eigenvalue weighted by atomic mass is 10.0. The van der Waals surface area contributed by atoms with Gasteiger partial charge in [0.15, 0.2) is 0 Å². The van der Waals surface area contributed by atoms with Crippen molar-refractivity contribution in [1.29, 1.82) is 5.26 Å². The number of fused-ring (bicyclic) bond motifs is 4. The van der Waals surface area contributed by atoms with Crippen molar-refractivity contribution in [3.8, 4) is 6.07 Å². The Morgan fingerprint density at radius 3 is 2.73 bits per heavy atom. The van der Waals surface area contributed by atoms with E-state index >= 15 is 0 Å². The largest absolute Gasteiger partial charge is 0.368 e. The SMILES string of the molecule is CC1CCN(c2ccc3c(n2)CN2C(C)CN(c4ccc(C#N)c5[nH]c(=O)ccc45)CC32)C1. The van der Waals surface area contributed by atoms with Crippen LogP contribution in [0.3, 0.4) is 0 Å². The quantitative estimate of drug-likeness (QED) is 0.658. The molecule has 5 heterocycles. The van der Waals surface area contributed by atoms with Gasteiger partial charge >= 0.3 is 0 Å². The molecule has 0 aliphatic carbocycles. The molecule has 2 aromatic heterocycles. The number of H-pyrrole nitrogens is 1. The summed E-state index contributed by atoms with van der Waals surface area (Å²) in [6.07, 6.45) is 1.24. The number of aromatic amines is 1. The van der Waals surface area contributed by atoms with Crippen LogP contribution in [0.5, 0.6) is 0 Å². The number of aromatic nitrogens is 2. The summed E-state index contributed by atoms with van der Waals surface area (Å²) in [6, 6.07) is 14.6. The van der Waals surface area contributed by atoms with Crippen LogP contribution in [0.15, 0.2) is 41.2 Å². The van der Waals surface area contributed by atoms with Crippen LogP contribution in [0.25, 0.3) is 10.9 Å². The second-order valence-electron chi connectivity index (χ2n) is 9.84. The summed E-state index contributed by atoms with van der Waals surface area (Å²) in [5, 5.41) is 10.4. The number of nitrogens with zero attached hydrogens (tertiary/aromatic N) is 5. The highest BCUT2D eigenvalue weighted by Gasteiger charge is 2.40. The topological polar surface area (TPSA) is 79.3 Å². The first-order valence-corrected chi connectivity index (χ1v) is 11.8. The third-order valence-electron chi connectivity index (χ3n) is 7.61. The zero-order valence-electron chi connectivity index (χ0n) is 19.1. The molecule has 168 valence electrons. The molecule has 3 aromatic rings.